The quantitative estimate of drug-likeness (QED) is 0.131. The van der Waals surface area contributed by atoms with Crippen LogP contribution in [-0.4, -0.2) is 75.5 Å². The molecule has 0 aliphatic carbocycles. The standard InChI is InChI=1S/C6H14N4O2.CH2O3.Na.H/c7-4(5(11)12)2-1-3-10-6(8)9;2-1(3)4;;/h4H,1-3,7H2,(H,11,12)(H4,8,9,10);(H2,2,3,4);;. The fraction of sp³-hybridized carbons (Fsp3) is 0.571. The Hall–Kier alpha value is -1.03. The van der Waals surface area contributed by atoms with Gasteiger partial charge in [0, 0.05) is 6.54 Å². The third kappa shape index (κ3) is 25.3. The van der Waals surface area contributed by atoms with Crippen molar-refractivity contribution in [3.63, 3.8) is 0 Å². The first kappa shape index (κ1) is 21.3. The van der Waals surface area contributed by atoms with E-state index in [2.05, 4.69) is 5.32 Å². The molecule has 10 heteroatoms. The van der Waals surface area contributed by atoms with E-state index in [9.17, 15) is 4.79 Å². The number of carbonyl (C=O) groups is 2. The molecule has 0 bridgehead atoms. The Bertz CT molecular complexity index is 246. The molecule has 0 aromatic carbocycles. The van der Waals surface area contributed by atoms with Gasteiger partial charge in [-0.15, -0.1) is 0 Å². The first-order chi connectivity index (χ1) is 7.27. The van der Waals surface area contributed by atoms with E-state index in [4.69, 9.17) is 37.0 Å². The van der Waals surface area contributed by atoms with Crippen LogP contribution in [-0.2, 0) is 4.79 Å². The van der Waals surface area contributed by atoms with Gasteiger partial charge in [0.05, 0.1) is 0 Å². The van der Waals surface area contributed by atoms with Crippen molar-refractivity contribution in [1.82, 2.24) is 5.32 Å². The summed E-state index contributed by atoms with van der Waals surface area (Å²) in [6.45, 7) is 0.482. The van der Waals surface area contributed by atoms with Crippen molar-refractivity contribution in [2.45, 2.75) is 18.9 Å². The molecule has 9 nitrogen and oxygen atoms in total. The Balaban J connectivity index is -0.000000340. The van der Waals surface area contributed by atoms with Crippen molar-refractivity contribution in [1.29, 1.82) is 5.41 Å². The Morgan fingerprint density at radius 2 is 1.71 bits per heavy atom. The van der Waals surface area contributed by atoms with Gasteiger partial charge in [-0.3, -0.25) is 10.2 Å². The molecular weight excluding hydrogens is 243 g/mol. The van der Waals surface area contributed by atoms with Gasteiger partial charge in [-0.05, 0) is 12.8 Å². The van der Waals surface area contributed by atoms with E-state index in [-0.39, 0.29) is 35.5 Å². The molecule has 0 aromatic rings. The van der Waals surface area contributed by atoms with E-state index < -0.39 is 18.2 Å². The maximum absolute atomic E-state index is 10.2. The molecule has 9 N–H and O–H groups in total. The summed E-state index contributed by atoms with van der Waals surface area (Å²) in [6, 6.07) is -0.821. The van der Waals surface area contributed by atoms with E-state index >= 15 is 0 Å². The molecule has 0 fully saturated rings. The number of carboxylic acid groups (broad SMARTS) is 3. The van der Waals surface area contributed by atoms with Gasteiger partial charge < -0.3 is 32.1 Å². The Kier molecular flexibility index (Phi) is 16.3. The molecule has 0 aromatic heterocycles. The molecule has 0 saturated carbocycles. The summed E-state index contributed by atoms with van der Waals surface area (Å²) < 4.78 is 0. The van der Waals surface area contributed by atoms with Crippen molar-refractivity contribution in [3.8, 4) is 0 Å². The average molecular weight is 260 g/mol. The fourth-order valence-electron chi connectivity index (χ4n) is 0.669. The van der Waals surface area contributed by atoms with Gasteiger partial charge in [0.25, 0.3) is 0 Å². The first-order valence-corrected chi connectivity index (χ1v) is 4.25. The monoisotopic (exact) mass is 260 g/mol. The summed E-state index contributed by atoms with van der Waals surface area (Å²) >= 11 is 0. The van der Waals surface area contributed by atoms with Crippen LogP contribution in [0, 0.1) is 5.41 Å². The van der Waals surface area contributed by atoms with Crippen LogP contribution in [0.25, 0.3) is 0 Å². The van der Waals surface area contributed by atoms with Gasteiger partial charge in [0.1, 0.15) is 6.04 Å². The molecular formula is C7H17N4NaO5. The predicted octanol–water partition coefficient (Wildman–Crippen LogP) is -1.76. The van der Waals surface area contributed by atoms with Crippen LogP contribution >= 0.6 is 0 Å². The molecule has 96 valence electrons. The minimum absolute atomic E-state index is 0. The number of carboxylic acids is 1. The predicted molar refractivity (Wildman–Crippen MR) is 62.6 cm³/mol. The Morgan fingerprint density at radius 1 is 1.29 bits per heavy atom. The van der Waals surface area contributed by atoms with Gasteiger partial charge >= 0.3 is 41.7 Å². The van der Waals surface area contributed by atoms with Crippen LogP contribution in [0.4, 0.5) is 4.79 Å². The zero-order chi connectivity index (χ0) is 13.1. The third-order valence-electron chi connectivity index (χ3n) is 1.32. The summed E-state index contributed by atoms with van der Waals surface area (Å²) in [5, 5.41) is 31.7. The van der Waals surface area contributed by atoms with Crippen LogP contribution in [0.2, 0.25) is 0 Å². The molecule has 1 unspecified atom stereocenters. The maximum atomic E-state index is 10.2. The summed E-state index contributed by atoms with van der Waals surface area (Å²) in [5.41, 5.74) is 10.2. The normalized spacial score (nSPS) is 9.94. The zero-order valence-electron chi connectivity index (χ0n) is 8.51. The topological polar surface area (TPSA) is 183 Å². The summed E-state index contributed by atoms with van der Waals surface area (Å²) in [4.78, 5) is 18.8. The number of nitrogens with two attached hydrogens (primary N) is 2. The van der Waals surface area contributed by atoms with Crippen molar-refractivity contribution in [2.75, 3.05) is 6.54 Å². The second-order valence-corrected chi connectivity index (χ2v) is 2.71. The second kappa shape index (κ2) is 13.0. The van der Waals surface area contributed by atoms with Crippen molar-refractivity contribution >= 4 is 47.6 Å². The molecule has 0 amide bonds. The average Bonchev–Trinajstić information content (AvgIpc) is 2.10. The summed E-state index contributed by atoms with van der Waals surface area (Å²) in [7, 11) is 0. The van der Waals surface area contributed by atoms with E-state index in [0.29, 0.717) is 19.4 Å². The van der Waals surface area contributed by atoms with Crippen molar-refractivity contribution in [2.24, 2.45) is 11.5 Å². The molecule has 0 radical (unpaired) electrons. The van der Waals surface area contributed by atoms with Gasteiger partial charge in [0.2, 0.25) is 0 Å². The Labute approximate surface area is 120 Å². The number of rotatable bonds is 5. The van der Waals surface area contributed by atoms with Crippen LogP contribution in [0.3, 0.4) is 0 Å². The van der Waals surface area contributed by atoms with E-state index in [1.54, 1.807) is 0 Å². The minimum atomic E-state index is -1.83. The van der Waals surface area contributed by atoms with E-state index in [1.807, 2.05) is 0 Å². The third-order valence-corrected chi connectivity index (χ3v) is 1.32. The van der Waals surface area contributed by atoms with Crippen molar-refractivity contribution < 1.29 is 24.9 Å². The summed E-state index contributed by atoms with van der Waals surface area (Å²) in [5.74, 6) is -1.11. The number of guanidine groups is 1. The van der Waals surface area contributed by atoms with E-state index in [1.165, 1.54) is 0 Å². The number of hydrogen-bond donors (Lipinski definition) is 7. The Morgan fingerprint density at radius 3 is 2.00 bits per heavy atom. The molecule has 0 aliphatic rings. The molecule has 0 heterocycles. The number of hydrogen-bond acceptors (Lipinski definition) is 4. The van der Waals surface area contributed by atoms with Gasteiger partial charge in [-0.2, -0.15) is 0 Å². The van der Waals surface area contributed by atoms with Gasteiger partial charge in [0.15, 0.2) is 5.96 Å². The van der Waals surface area contributed by atoms with Crippen LogP contribution in [0.1, 0.15) is 12.8 Å². The SMILES string of the molecule is N=C(N)NCCCC(N)C(=O)O.O=C(O)O.[NaH]. The number of aliphatic carboxylic acids is 1. The van der Waals surface area contributed by atoms with Crippen LogP contribution in [0.15, 0.2) is 0 Å². The molecule has 0 aliphatic heterocycles. The molecule has 0 saturated heterocycles. The van der Waals surface area contributed by atoms with E-state index in [0.717, 1.165) is 0 Å². The van der Waals surface area contributed by atoms with Gasteiger partial charge in [-0.1, -0.05) is 0 Å². The zero-order valence-corrected chi connectivity index (χ0v) is 8.51. The summed E-state index contributed by atoms with van der Waals surface area (Å²) in [6.07, 6.45) is -0.858. The molecule has 0 rings (SSSR count). The fourth-order valence-corrected chi connectivity index (χ4v) is 0.669. The molecule has 17 heavy (non-hydrogen) atoms. The first-order valence-electron chi connectivity index (χ1n) is 4.25. The number of nitrogens with one attached hydrogen (secondary N) is 2. The molecule has 1 atom stereocenters. The van der Waals surface area contributed by atoms with Gasteiger partial charge in [-0.25, -0.2) is 4.79 Å². The second-order valence-electron chi connectivity index (χ2n) is 2.71. The molecule has 0 spiro atoms. The van der Waals surface area contributed by atoms with Crippen molar-refractivity contribution in [3.05, 3.63) is 0 Å². The van der Waals surface area contributed by atoms with Crippen LogP contribution in [0.5, 0.6) is 0 Å². The van der Waals surface area contributed by atoms with Crippen LogP contribution < -0.4 is 16.8 Å².